The molecular weight excluding hydrogens is 196 g/mol. The third kappa shape index (κ3) is 2.63. The molecule has 0 aromatic carbocycles. The number of hydrogen-bond donors (Lipinski definition) is 2. The van der Waals surface area contributed by atoms with Crippen molar-refractivity contribution in [1.82, 2.24) is 5.32 Å². The second-order valence-electron chi connectivity index (χ2n) is 3.94. The topological polar surface area (TPSA) is 56.0 Å². The molecule has 0 amide bonds. The van der Waals surface area contributed by atoms with Gasteiger partial charge in [0.25, 0.3) is 0 Å². The van der Waals surface area contributed by atoms with Crippen LogP contribution < -0.4 is 5.32 Å². The highest BCUT2D eigenvalue weighted by Gasteiger charge is 2.38. The lowest BCUT2D eigenvalue weighted by Crippen LogP contribution is -2.38. The summed E-state index contributed by atoms with van der Waals surface area (Å²) >= 11 is 1.80. The van der Waals surface area contributed by atoms with E-state index in [1.807, 2.05) is 14.0 Å². The lowest BCUT2D eigenvalue weighted by atomic mass is 10.0. The van der Waals surface area contributed by atoms with Crippen molar-refractivity contribution in [3.8, 4) is 6.07 Å². The van der Waals surface area contributed by atoms with Crippen LogP contribution in [0.2, 0.25) is 0 Å². The molecule has 3 atom stereocenters. The first-order valence-electron chi connectivity index (χ1n) is 5.02. The van der Waals surface area contributed by atoms with Crippen molar-refractivity contribution in [2.75, 3.05) is 13.7 Å². The number of nitriles is 1. The van der Waals surface area contributed by atoms with Crippen molar-refractivity contribution in [2.24, 2.45) is 0 Å². The maximum absolute atomic E-state index is 9.05. The summed E-state index contributed by atoms with van der Waals surface area (Å²) in [4.78, 5) is 0. The maximum atomic E-state index is 9.05. The molecule has 1 rings (SSSR count). The molecule has 14 heavy (non-hydrogen) atoms. The summed E-state index contributed by atoms with van der Waals surface area (Å²) in [5.41, 5.74) is -0.313. The Morgan fingerprint density at radius 1 is 1.79 bits per heavy atom. The Labute approximate surface area is 89.9 Å². The van der Waals surface area contributed by atoms with Gasteiger partial charge in [0.1, 0.15) is 5.54 Å². The molecule has 0 aliphatic heterocycles. The van der Waals surface area contributed by atoms with Gasteiger partial charge in [-0.05, 0) is 26.3 Å². The minimum absolute atomic E-state index is 0.222. The summed E-state index contributed by atoms with van der Waals surface area (Å²) in [5.74, 6) is 0. The van der Waals surface area contributed by atoms with Crippen LogP contribution in [-0.4, -0.2) is 34.8 Å². The van der Waals surface area contributed by atoms with E-state index in [4.69, 9.17) is 10.4 Å². The summed E-state index contributed by atoms with van der Waals surface area (Å²) in [6, 6.07) is 2.36. The number of aliphatic hydroxyl groups excluding tert-OH is 1. The van der Waals surface area contributed by atoms with E-state index in [-0.39, 0.29) is 17.4 Å². The van der Waals surface area contributed by atoms with E-state index in [2.05, 4.69) is 11.4 Å². The molecule has 0 radical (unpaired) electrons. The van der Waals surface area contributed by atoms with Crippen LogP contribution in [0, 0.1) is 11.3 Å². The number of rotatable bonds is 4. The van der Waals surface area contributed by atoms with Crippen LogP contribution in [0.15, 0.2) is 0 Å². The van der Waals surface area contributed by atoms with Crippen LogP contribution in [0.1, 0.15) is 26.2 Å². The van der Waals surface area contributed by atoms with Gasteiger partial charge in [-0.1, -0.05) is 6.92 Å². The van der Waals surface area contributed by atoms with Crippen LogP contribution in [0.5, 0.6) is 0 Å². The van der Waals surface area contributed by atoms with E-state index in [1.165, 1.54) is 0 Å². The van der Waals surface area contributed by atoms with Crippen LogP contribution in [0.4, 0.5) is 0 Å². The predicted molar refractivity (Wildman–Crippen MR) is 59.2 cm³/mol. The molecule has 0 spiro atoms. The first kappa shape index (κ1) is 11.8. The maximum Gasteiger partial charge on any atom is 0.107 e. The third-order valence-corrected chi connectivity index (χ3v) is 4.24. The smallest absolute Gasteiger partial charge is 0.107 e. The van der Waals surface area contributed by atoms with Gasteiger partial charge in [0, 0.05) is 10.5 Å². The van der Waals surface area contributed by atoms with E-state index in [0.29, 0.717) is 5.25 Å². The number of nitrogens with one attached hydrogen (secondary N) is 1. The fraction of sp³-hybridized carbons (Fsp3) is 0.900. The Morgan fingerprint density at radius 3 is 2.93 bits per heavy atom. The molecular formula is C10H18N2OS. The Balaban J connectivity index is 2.45. The Hall–Kier alpha value is -0.240. The van der Waals surface area contributed by atoms with Gasteiger partial charge in [-0.15, -0.1) is 0 Å². The quantitative estimate of drug-likeness (QED) is 0.736. The van der Waals surface area contributed by atoms with Crippen molar-refractivity contribution in [3.05, 3.63) is 0 Å². The molecule has 1 fully saturated rings. The third-order valence-electron chi connectivity index (χ3n) is 2.84. The standard InChI is InChI=1S/C10H18N2OS/c1-8(6-13)14-9-3-4-10(5-9,7-11)12-2/h8-9,12-13H,3-6H2,1-2H3. The van der Waals surface area contributed by atoms with E-state index in [9.17, 15) is 0 Å². The molecule has 0 heterocycles. The molecule has 1 aliphatic carbocycles. The number of hydrogen-bond acceptors (Lipinski definition) is 4. The average molecular weight is 214 g/mol. The molecule has 0 saturated heterocycles. The van der Waals surface area contributed by atoms with Crippen LogP contribution in [-0.2, 0) is 0 Å². The zero-order chi connectivity index (χ0) is 10.6. The molecule has 1 saturated carbocycles. The van der Waals surface area contributed by atoms with Crippen molar-refractivity contribution in [1.29, 1.82) is 5.26 Å². The second-order valence-corrected chi connectivity index (χ2v) is 5.68. The van der Waals surface area contributed by atoms with Crippen molar-refractivity contribution in [2.45, 2.75) is 42.2 Å². The van der Waals surface area contributed by atoms with Crippen molar-refractivity contribution in [3.63, 3.8) is 0 Å². The zero-order valence-electron chi connectivity index (χ0n) is 8.79. The molecule has 3 nitrogen and oxygen atoms in total. The highest BCUT2D eigenvalue weighted by molar-refractivity contribution is 8.00. The predicted octanol–water partition coefficient (Wildman–Crippen LogP) is 1.13. The Morgan fingerprint density at radius 2 is 2.50 bits per heavy atom. The second kappa shape index (κ2) is 5.01. The minimum Gasteiger partial charge on any atom is -0.395 e. The molecule has 0 aromatic rings. The van der Waals surface area contributed by atoms with Crippen molar-refractivity contribution >= 4 is 11.8 Å². The van der Waals surface area contributed by atoms with Crippen LogP contribution >= 0.6 is 11.8 Å². The summed E-state index contributed by atoms with van der Waals surface area (Å²) in [7, 11) is 1.85. The fourth-order valence-electron chi connectivity index (χ4n) is 1.87. The lowest BCUT2D eigenvalue weighted by molar-refractivity contribution is 0.299. The van der Waals surface area contributed by atoms with E-state index < -0.39 is 0 Å². The zero-order valence-corrected chi connectivity index (χ0v) is 9.60. The van der Waals surface area contributed by atoms with Crippen LogP contribution in [0.25, 0.3) is 0 Å². The van der Waals surface area contributed by atoms with E-state index >= 15 is 0 Å². The molecule has 80 valence electrons. The largest absolute Gasteiger partial charge is 0.395 e. The molecule has 0 bridgehead atoms. The van der Waals surface area contributed by atoms with Crippen LogP contribution in [0.3, 0.4) is 0 Å². The summed E-state index contributed by atoms with van der Waals surface area (Å²) in [5, 5.41) is 21.9. The first-order valence-corrected chi connectivity index (χ1v) is 5.96. The van der Waals surface area contributed by atoms with Gasteiger partial charge in [-0.2, -0.15) is 17.0 Å². The summed E-state index contributed by atoms with van der Waals surface area (Å²) < 4.78 is 0. The first-order chi connectivity index (χ1) is 6.65. The van der Waals surface area contributed by atoms with Gasteiger partial charge >= 0.3 is 0 Å². The number of aliphatic hydroxyl groups is 1. The fourth-order valence-corrected chi connectivity index (χ4v) is 3.25. The highest BCUT2D eigenvalue weighted by Crippen LogP contribution is 2.38. The van der Waals surface area contributed by atoms with Crippen molar-refractivity contribution < 1.29 is 5.11 Å². The normalized spacial score (nSPS) is 34.0. The molecule has 2 N–H and O–H groups in total. The molecule has 0 aromatic heterocycles. The lowest BCUT2D eigenvalue weighted by Gasteiger charge is -2.20. The van der Waals surface area contributed by atoms with Gasteiger partial charge in [0.05, 0.1) is 12.7 Å². The molecule has 4 heteroatoms. The van der Waals surface area contributed by atoms with E-state index in [1.54, 1.807) is 11.8 Å². The van der Waals surface area contributed by atoms with Gasteiger partial charge in [-0.25, -0.2) is 0 Å². The number of nitrogens with zero attached hydrogens (tertiary/aromatic N) is 1. The Kier molecular flexibility index (Phi) is 4.24. The highest BCUT2D eigenvalue weighted by atomic mass is 32.2. The molecule has 3 unspecified atom stereocenters. The van der Waals surface area contributed by atoms with E-state index in [0.717, 1.165) is 19.3 Å². The Bertz CT molecular complexity index is 229. The molecule has 1 aliphatic rings. The summed E-state index contributed by atoms with van der Waals surface area (Å²) in [6.07, 6.45) is 2.90. The monoisotopic (exact) mass is 214 g/mol. The van der Waals surface area contributed by atoms with Gasteiger partial charge in [0.2, 0.25) is 0 Å². The van der Waals surface area contributed by atoms with Gasteiger partial charge in [0.15, 0.2) is 0 Å². The SMILES string of the molecule is CNC1(C#N)CCC(SC(C)CO)C1. The number of thioether (sulfide) groups is 1. The van der Waals surface area contributed by atoms with Gasteiger partial charge < -0.3 is 10.4 Å². The van der Waals surface area contributed by atoms with Gasteiger partial charge in [-0.3, -0.25) is 0 Å². The minimum atomic E-state index is -0.313. The summed E-state index contributed by atoms with van der Waals surface area (Å²) in [6.45, 7) is 2.25. The average Bonchev–Trinajstić information content (AvgIpc) is 2.62.